The SMILES string of the molecule is COC(=O)c1cccc(Nc2nc(OC3=CCCC=C3)nc(Oc3ccc(C#N)cc3)n2)c1. The van der Waals surface area contributed by atoms with Crippen LogP contribution in [0.5, 0.6) is 17.8 Å². The number of aromatic nitrogens is 3. The third-order valence-corrected chi connectivity index (χ3v) is 4.50. The minimum Gasteiger partial charge on any atom is -0.465 e. The summed E-state index contributed by atoms with van der Waals surface area (Å²) in [4.78, 5) is 24.7. The molecular weight excluding hydrogens is 422 g/mol. The summed E-state index contributed by atoms with van der Waals surface area (Å²) in [6.45, 7) is 0. The summed E-state index contributed by atoms with van der Waals surface area (Å²) in [5.74, 6) is 0.766. The maximum atomic E-state index is 11.8. The van der Waals surface area contributed by atoms with Crippen LogP contribution in [0.4, 0.5) is 11.6 Å². The van der Waals surface area contributed by atoms with Gasteiger partial charge in [0.15, 0.2) is 0 Å². The number of anilines is 2. The van der Waals surface area contributed by atoms with Crippen molar-refractivity contribution in [3.63, 3.8) is 0 Å². The Hall–Kier alpha value is -4.71. The minimum absolute atomic E-state index is 0.00304. The second-order valence-corrected chi connectivity index (χ2v) is 6.85. The zero-order chi connectivity index (χ0) is 23.0. The van der Waals surface area contributed by atoms with Gasteiger partial charge < -0.3 is 19.5 Å². The van der Waals surface area contributed by atoms with Gasteiger partial charge in [-0.25, -0.2) is 4.79 Å². The maximum absolute atomic E-state index is 11.8. The van der Waals surface area contributed by atoms with Crippen molar-refractivity contribution in [3.05, 3.63) is 83.6 Å². The molecule has 164 valence electrons. The van der Waals surface area contributed by atoms with Crippen molar-refractivity contribution in [2.45, 2.75) is 12.8 Å². The Bertz CT molecular complexity index is 1260. The van der Waals surface area contributed by atoms with Crippen molar-refractivity contribution in [2.24, 2.45) is 0 Å². The predicted octanol–water partition coefficient (Wildman–Crippen LogP) is 4.68. The fourth-order valence-corrected chi connectivity index (χ4v) is 2.93. The van der Waals surface area contributed by atoms with Crippen molar-refractivity contribution in [1.82, 2.24) is 15.0 Å². The molecule has 9 nitrogen and oxygen atoms in total. The average Bonchev–Trinajstić information content (AvgIpc) is 2.84. The number of hydrogen-bond acceptors (Lipinski definition) is 9. The maximum Gasteiger partial charge on any atom is 0.337 e. The van der Waals surface area contributed by atoms with Crippen LogP contribution in [0, 0.1) is 11.3 Å². The standard InChI is InChI=1S/C24H19N5O4/c1-31-21(30)17-6-5-7-18(14-17)26-22-27-23(32-19-8-3-2-4-9-19)29-24(28-22)33-20-12-10-16(15-25)11-13-20/h3,5-14H,2,4H2,1H3,(H,26,27,28,29). The number of nitriles is 1. The van der Waals surface area contributed by atoms with Gasteiger partial charge in [-0.1, -0.05) is 12.1 Å². The quantitative estimate of drug-likeness (QED) is 0.521. The van der Waals surface area contributed by atoms with Gasteiger partial charge in [0.05, 0.1) is 24.3 Å². The number of ether oxygens (including phenoxy) is 3. The van der Waals surface area contributed by atoms with Gasteiger partial charge in [-0.05, 0) is 67.5 Å². The molecule has 0 aliphatic heterocycles. The van der Waals surface area contributed by atoms with Crippen LogP contribution in [0.15, 0.2) is 72.5 Å². The molecule has 1 aromatic heterocycles. The largest absolute Gasteiger partial charge is 0.465 e. The van der Waals surface area contributed by atoms with E-state index in [1.54, 1.807) is 48.5 Å². The van der Waals surface area contributed by atoms with E-state index in [9.17, 15) is 4.79 Å². The van der Waals surface area contributed by atoms with Crippen molar-refractivity contribution in [2.75, 3.05) is 12.4 Å². The lowest BCUT2D eigenvalue weighted by Gasteiger charge is -2.12. The molecular formula is C24H19N5O4. The first-order valence-corrected chi connectivity index (χ1v) is 10.1. The van der Waals surface area contributed by atoms with Gasteiger partial charge >= 0.3 is 18.0 Å². The van der Waals surface area contributed by atoms with Gasteiger partial charge in [-0.15, -0.1) is 4.98 Å². The Morgan fingerprint density at radius 3 is 2.52 bits per heavy atom. The van der Waals surface area contributed by atoms with E-state index in [1.165, 1.54) is 7.11 Å². The van der Waals surface area contributed by atoms with Gasteiger partial charge in [-0.2, -0.15) is 15.2 Å². The van der Waals surface area contributed by atoms with E-state index in [1.807, 2.05) is 18.2 Å². The number of nitrogens with zero attached hydrogens (tertiary/aromatic N) is 4. The highest BCUT2D eigenvalue weighted by Crippen LogP contribution is 2.24. The molecule has 0 unspecified atom stereocenters. The number of nitrogens with one attached hydrogen (secondary N) is 1. The van der Waals surface area contributed by atoms with Crippen LogP contribution in [0.25, 0.3) is 0 Å². The first kappa shape index (κ1) is 21.5. The molecule has 0 spiro atoms. The molecule has 0 amide bonds. The topological polar surface area (TPSA) is 119 Å². The fourth-order valence-electron chi connectivity index (χ4n) is 2.93. The Labute approximate surface area is 190 Å². The molecule has 4 rings (SSSR count). The van der Waals surface area contributed by atoms with Crippen LogP contribution in [0.2, 0.25) is 0 Å². The summed E-state index contributed by atoms with van der Waals surface area (Å²) in [5, 5.41) is 12.0. The van der Waals surface area contributed by atoms with Gasteiger partial charge in [0.1, 0.15) is 11.5 Å². The third-order valence-electron chi connectivity index (χ3n) is 4.50. The first-order chi connectivity index (χ1) is 16.1. The second kappa shape index (κ2) is 10.1. The number of carbonyl (C=O) groups is 1. The number of benzene rings is 2. The number of methoxy groups -OCH3 is 1. The number of carbonyl (C=O) groups excluding carboxylic acids is 1. The summed E-state index contributed by atoms with van der Waals surface area (Å²) < 4.78 is 16.3. The molecule has 0 atom stereocenters. The molecule has 1 heterocycles. The number of rotatable bonds is 7. The molecule has 1 aliphatic rings. The molecule has 9 heteroatoms. The van der Waals surface area contributed by atoms with Gasteiger partial charge in [0.2, 0.25) is 5.95 Å². The van der Waals surface area contributed by atoms with Crippen molar-refractivity contribution in [1.29, 1.82) is 5.26 Å². The third kappa shape index (κ3) is 5.71. The highest BCUT2D eigenvalue weighted by Gasteiger charge is 2.13. The molecule has 0 saturated carbocycles. The number of allylic oxidation sites excluding steroid dienone is 3. The van der Waals surface area contributed by atoms with Crippen LogP contribution in [-0.2, 0) is 4.74 Å². The summed E-state index contributed by atoms with van der Waals surface area (Å²) in [6, 6.07) is 15.3. The molecule has 3 aromatic rings. The van der Waals surface area contributed by atoms with E-state index in [2.05, 4.69) is 26.3 Å². The molecule has 0 radical (unpaired) electrons. The van der Waals surface area contributed by atoms with Crippen molar-refractivity contribution in [3.8, 4) is 23.8 Å². The number of hydrogen-bond donors (Lipinski definition) is 1. The lowest BCUT2D eigenvalue weighted by atomic mass is 10.2. The smallest absolute Gasteiger partial charge is 0.337 e. The van der Waals surface area contributed by atoms with E-state index in [0.29, 0.717) is 28.3 Å². The Morgan fingerprint density at radius 2 is 1.82 bits per heavy atom. The molecule has 1 aliphatic carbocycles. The lowest BCUT2D eigenvalue weighted by Crippen LogP contribution is -2.06. The fraction of sp³-hybridized carbons (Fsp3) is 0.125. The molecule has 33 heavy (non-hydrogen) atoms. The first-order valence-electron chi connectivity index (χ1n) is 10.1. The second-order valence-electron chi connectivity index (χ2n) is 6.85. The van der Waals surface area contributed by atoms with Gasteiger partial charge in [0, 0.05) is 5.69 Å². The summed E-state index contributed by atoms with van der Waals surface area (Å²) in [7, 11) is 1.32. The summed E-state index contributed by atoms with van der Waals surface area (Å²) in [6.07, 6.45) is 7.60. The van der Waals surface area contributed by atoms with E-state index in [-0.39, 0.29) is 18.0 Å². The molecule has 1 N–H and O–H groups in total. The predicted molar refractivity (Wildman–Crippen MR) is 119 cm³/mol. The molecule has 2 aromatic carbocycles. The molecule has 0 saturated heterocycles. The highest BCUT2D eigenvalue weighted by molar-refractivity contribution is 5.90. The van der Waals surface area contributed by atoms with Crippen molar-refractivity contribution >= 4 is 17.6 Å². The average molecular weight is 441 g/mol. The van der Waals surface area contributed by atoms with Crippen LogP contribution >= 0.6 is 0 Å². The van der Waals surface area contributed by atoms with Crippen molar-refractivity contribution < 1.29 is 19.0 Å². The Morgan fingerprint density at radius 1 is 1.03 bits per heavy atom. The minimum atomic E-state index is -0.459. The van der Waals surface area contributed by atoms with Crippen LogP contribution in [-0.4, -0.2) is 28.0 Å². The Kier molecular flexibility index (Phi) is 6.56. The van der Waals surface area contributed by atoms with E-state index in [4.69, 9.17) is 19.5 Å². The Balaban J connectivity index is 1.63. The summed E-state index contributed by atoms with van der Waals surface area (Å²) >= 11 is 0. The highest BCUT2D eigenvalue weighted by atomic mass is 16.5. The van der Waals surface area contributed by atoms with E-state index in [0.717, 1.165) is 12.8 Å². The molecule has 0 bridgehead atoms. The summed E-state index contributed by atoms with van der Waals surface area (Å²) in [5.41, 5.74) is 1.45. The monoisotopic (exact) mass is 441 g/mol. The zero-order valence-electron chi connectivity index (χ0n) is 17.7. The normalized spacial score (nSPS) is 12.3. The van der Waals surface area contributed by atoms with E-state index >= 15 is 0 Å². The van der Waals surface area contributed by atoms with Crippen LogP contribution < -0.4 is 14.8 Å². The zero-order valence-corrected chi connectivity index (χ0v) is 17.7. The van der Waals surface area contributed by atoms with Crippen LogP contribution in [0.3, 0.4) is 0 Å². The van der Waals surface area contributed by atoms with Gasteiger partial charge in [0.25, 0.3) is 0 Å². The van der Waals surface area contributed by atoms with Gasteiger partial charge in [-0.3, -0.25) is 0 Å². The number of esters is 1. The lowest BCUT2D eigenvalue weighted by molar-refractivity contribution is 0.0600. The molecule has 0 fully saturated rings. The van der Waals surface area contributed by atoms with Crippen LogP contribution in [0.1, 0.15) is 28.8 Å². The van der Waals surface area contributed by atoms with E-state index < -0.39 is 5.97 Å².